The first-order valence-electron chi connectivity index (χ1n) is 13.3. The van der Waals surface area contributed by atoms with Gasteiger partial charge in [0.15, 0.2) is 28.5 Å². The standard InChI is InChI=1S/C27H31FN6O5S/c1-16-5-6-20(39-16)19-14-22-21(37-10-11-38-22)12-18(19)13-23-30-24-25(29)31-27(28)32-26(24)34(23)9-7-17-4-3-8-33(15-17)40(2,35)36/h5-6,12,14,17H,3-4,7-11,13,15H2,1-2H3,(H2,29,31,32). The van der Waals surface area contributed by atoms with Gasteiger partial charge in [-0.2, -0.15) is 14.4 Å². The molecule has 0 bridgehead atoms. The fourth-order valence-electron chi connectivity index (χ4n) is 5.54. The van der Waals surface area contributed by atoms with Crippen molar-refractivity contribution in [2.75, 3.05) is 38.3 Å². The van der Waals surface area contributed by atoms with Crippen molar-refractivity contribution in [2.45, 2.75) is 39.2 Å². The van der Waals surface area contributed by atoms with Gasteiger partial charge in [-0.3, -0.25) is 0 Å². The van der Waals surface area contributed by atoms with Crippen molar-refractivity contribution in [3.05, 3.63) is 47.5 Å². The maximum atomic E-state index is 14.3. The molecule has 2 aliphatic heterocycles. The number of anilines is 1. The summed E-state index contributed by atoms with van der Waals surface area (Å²) in [6.45, 7) is 4.23. The Morgan fingerprint density at radius 2 is 1.90 bits per heavy atom. The van der Waals surface area contributed by atoms with Crippen LogP contribution in [0, 0.1) is 18.9 Å². The first-order chi connectivity index (χ1) is 19.2. The third-order valence-electron chi connectivity index (χ3n) is 7.51. The molecule has 0 spiro atoms. The van der Waals surface area contributed by atoms with Crippen LogP contribution in [0.1, 0.15) is 36.4 Å². The van der Waals surface area contributed by atoms with Crippen molar-refractivity contribution in [3.63, 3.8) is 0 Å². The molecule has 1 saturated heterocycles. The SMILES string of the molecule is Cc1ccc(-c2cc3c(cc2Cc2nc4c(N)nc(F)nc4n2CCC2CCCN(S(C)(=O)=O)C2)OCCO3)o1. The number of imidazole rings is 1. The van der Waals surface area contributed by atoms with Gasteiger partial charge in [-0.1, -0.05) is 0 Å². The Hall–Kier alpha value is -3.71. The van der Waals surface area contributed by atoms with Gasteiger partial charge in [0.05, 0.1) is 6.26 Å². The summed E-state index contributed by atoms with van der Waals surface area (Å²) in [7, 11) is -3.27. The number of sulfonamides is 1. The maximum Gasteiger partial charge on any atom is 0.312 e. The van der Waals surface area contributed by atoms with E-state index in [0.717, 1.165) is 29.7 Å². The molecule has 5 heterocycles. The van der Waals surface area contributed by atoms with Crippen molar-refractivity contribution >= 4 is 27.0 Å². The molecule has 3 aromatic heterocycles. The van der Waals surface area contributed by atoms with E-state index in [2.05, 4.69) is 9.97 Å². The number of rotatable bonds is 7. The van der Waals surface area contributed by atoms with E-state index < -0.39 is 16.1 Å². The van der Waals surface area contributed by atoms with Crippen LogP contribution in [-0.2, 0) is 23.0 Å². The summed E-state index contributed by atoms with van der Waals surface area (Å²) in [4.78, 5) is 12.5. The molecule has 1 fully saturated rings. The smallest absolute Gasteiger partial charge is 0.312 e. The lowest BCUT2D eigenvalue weighted by Gasteiger charge is -2.31. The van der Waals surface area contributed by atoms with Gasteiger partial charge in [0.2, 0.25) is 10.0 Å². The minimum atomic E-state index is -3.27. The predicted octanol–water partition coefficient (Wildman–Crippen LogP) is 3.54. The van der Waals surface area contributed by atoms with Gasteiger partial charge in [-0.25, -0.2) is 17.7 Å². The average molecular weight is 571 g/mol. The molecule has 4 aromatic rings. The largest absolute Gasteiger partial charge is 0.486 e. The van der Waals surface area contributed by atoms with E-state index in [-0.39, 0.29) is 11.7 Å². The number of ether oxygens (including phenoxy) is 2. The Morgan fingerprint density at radius 1 is 1.12 bits per heavy atom. The van der Waals surface area contributed by atoms with E-state index in [0.29, 0.717) is 79.9 Å². The third kappa shape index (κ3) is 5.22. The van der Waals surface area contributed by atoms with Crippen LogP contribution in [0.2, 0.25) is 0 Å². The van der Waals surface area contributed by atoms with Crippen LogP contribution < -0.4 is 15.2 Å². The fraction of sp³-hybridized carbons (Fsp3) is 0.444. The highest BCUT2D eigenvalue weighted by molar-refractivity contribution is 7.88. The number of aromatic nitrogens is 4. The molecule has 1 unspecified atom stereocenters. The summed E-state index contributed by atoms with van der Waals surface area (Å²) in [5.41, 5.74) is 8.40. The Morgan fingerprint density at radius 3 is 2.62 bits per heavy atom. The van der Waals surface area contributed by atoms with Gasteiger partial charge < -0.3 is 24.2 Å². The van der Waals surface area contributed by atoms with Gasteiger partial charge in [-0.05, 0) is 61.9 Å². The summed E-state index contributed by atoms with van der Waals surface area (Å²) in [6.07, 6.45) is 3.03. The third-order valence-corrected chi connectivity index (χ3v) is 8.78. The molecule has 1 atom stereocenters. The molecular weight excluding hydrogens is 539 g/mol. The normalized spacial score (nSPS) is 17.9. The van der Waals surface area contributed by atoms with Crippen LogP contribution in [-0.4, -0.2) is 64.8 Å². The Labute approximate surface area is 231 Å². The monoisotopic (exact) mass is 570 g/mol. The molecule has 13 heteroatoms. The van der Waals surface area contributed by atoms with Crippen LogP contribution in [0.15, 0.2) is 28.7 Å². The zero-order valence-corrected chi connectivity index (χ0v) is 23.2. The number of furan rings is 1. The molecule has 40 heavy (non-hydrogen) atoms. The number of nitrogens with zero attached hydrogens (tertiary/aromatic N) is 5. The van der Waals surface area contributed by atoms with Crippen molar-refractivity contribution in [1.29, 1.82) is 0 Å². The van der Waals surface area contributed by atoms with Gasteiger partial charge in [0.25, 0.3) is 0 Å². The molecule has 0 aliphatic carbocycles. The van der Waals surface area contributed by atoms with Crippen LogP contribution >= 0.6 is 0 Å². The average Bonchev–Trinajstić information content (AvgIpc) is 3.50. The van der Waals surface area contributed by atoms with E-state index in [1.807, 2.05) is 35.8 Å². The Balaban J connectivity index is 1.38. The molecule has 2 aliphatic rings. The lowest BCUT2D eigenvalue weighted by molar-refractivity contribution is 0.171. The number of nitrogen functional groups attached to an aromatic ring is 1. The van der Waals surface area contributed by atoms with Crippen LogP contribution in [0.3, 0.4) is 0 Å². The molecule has 0 amide bonds. The second kappa shape index (κ2) is 10.4. The zero-order valence-electron chi connectivity index (χ0n) is 22.4. The first-order valence-corrected chi connectivity index (χ1v) is 15.1. The van der Waals surface area contributed by atoms with Crippen molar-refractivity contribution in [1.82, 2.24) is 23.8 Å². The number of hydrogen-bond acceptors (Lipinski definition) is 9. The van der Waals surface area contributed by atoms with Gasteiger partial charge in [0.1, 0.15) is 30.6 Å². The minimum absolute atomic E-state index is 0.0347. The number of fused-ring (bicyclic) bond motifs is 2. The summed E-state index contributed by atoms with van der Waals surface area (Å²) in [5.74, 6) is 3.46. The molecule has 1 aromatic carbocycles. The van der Waals surface area contributed by atoms with Crippen molar-refractivity contribution in [3.8, 4) is 22.8 Å². The number of hydrogen-bond donors (Lipinski definition) is 1. The Kier molecular flexibility index (Phi) is 6.87. The molecule has 2 N–H and O–H groups in total. The fourth-order valence-corrected chi connectivity index (χ4v) is 6.48. The molecule has 6 rings (SSSR count). The van der Waals surface area contributed by atoms with Crippen molar-refractivity contribution < 1.29 is 26.7 Å². The summed E-state index contributed by atoms with van der Waals surface area (Å²) in [5, 5.41) is 0. The molecular formula is C27H31FN6O5S. The van der Waals surface area contributed by atoms with Crippen LogP contribution in [0.25, 0.3) is 22.5 Å². The topological polar surface area (TPSA) is 139 Å². The number of nitrogens with two attached hydrogens (primary N) is 1. The predicted molar refractivity (Wildman–Crippen MR) is 146 cm³/mol. The molecule has 212 valence electrons. The first kappa shape index (κ1) is 26.5. The highest BCUT2D eigenvalue weighted by atomic mass is 32.2. The van der Waals surface area contributed by atoms with Gasteiger partial charge in [0, 0.05) is 31.6 Å². The van der Waals surface area contributed by atoms with Gasteiger partial charge >= 0.3 is 6.08 Å². The summed E-state index contributed by atoms with van der Waals surface area (Å²) < 4.78 is 59.6. The quantitative estimate of drug-likeness (QED) is 0.331. The number of halogens is 1. The van der Waals surface area contributed by atoms with Crippen molar-refractivity contribution in [2.24, 2.45) is 5.92 Å². The summed E-state index contributed by atoms with van der Waals surface area (Å²) >= 11 is 0. The lowest BCUT2D eigenvalue weighted by atomic mass is 9.96. The highest BCUT2D eigenvalue weighted by Crippen LogP contribution is 2.39. The second-order valence-corrected chi connectivity index (χ2v) is 12.4. The lowest BCUT2D eigenvalue weighted by Crippen LogP contribution is -2.39. The maximum absolute atomic E-state index is 14.3. The van der Waals surface area contributed by atoms with E-state index in [1.165, 1.54) is 10.6 Å². The minimum Gasteiger partial charge on any atom is -0.486 e. The number of aryl methyl sites for hydroxylation is 2. The van der Waals surface area contributed by atoms with Gasteiger partial charge in [-0.15, -0.1) is 0 Å². The molecule has 0 radical (unpaired) electrons. The Bertz CT molecular complexity index is 1680. The number of benzene rings is 1. The molecule has 11 nitrogen and oxygen atoms in total. The highest BCUT2D eigenvalue weighted by Gasteiger charge is 2.27. The van der Waals surface area contributed by atoms with Crippen LogP contribution in [0.4, 0.5) is 10.2 Å². The zero-order chi connectivity index (χ0) is 28.0. The summed E-state index contributed by atoms with van der Waals surface area (Å²) in [6, 6.07) is 7.63. The van der Waals surface area contributed by atoms with E-state index >= 15 is 0 Å². The van der Waals surface area contributed by atoms with Crippen LogP contribution in [0.5, 0.6) is 11.5 Å². The molecule has 0 saturated carbocycles. The van der Waals surface area contributed by atoms with E-state index in [4.69, 9.17) is 24.6 Å². The van der Waals surface area contributed by atoms with E-state index in [9.17, 15) is 12.8 Å². The van der Waals surface area contributed by atoms with E-state index in [1.54, 1.807) is 0 Å². The number of piperidine rings is 1. The second-order valence-electron chi connectivity index (χ2n) is 10.4.